The minimum atomic E-state index is -0.538. The molecular weight excluding hydrogens is 426 g/mol. The average Bonchev–Trinajstić information content (AvgIpc) is 2.87. The molecule has 0 unspecified atom stereocenters. The van der Waals surface area contributed by atoms with Crippen LogP contribution in [0.2, 0.25) is 0 Å². The monoisotopic (exact) mass is 456 g/mol. The van der Waals surface area contributed by atoms with E-state index >= 15 is 0 Å². The Bertz CT molecular complexity index is 961. The van der Waals surface area contributed by atoms with E-state index < -0.39 is 15.8 Å². The Morgan fingerprint density at radius 2 is 0.875 bits per heavy atom. The Morgan fingerprint density at radius 1 is 0.500 bits per heavy atom. The highest BCUT2D eigenvalue weighted by atomic mass is 31.1. The standard InChI is InChI=1S/C29H30OP2/c30-23-21-29(32(27-17-9-3-10-18-27)28-19-11-4-12-20-28)22-24-31(25-13-5-1-6-14-25)26-15-7-2-8-16-26/h1-20,29-30H,21-24H2/t29-/m0/s1. The minimum Gasteiger partial charge on any atom is -0.396 e. The van der Waals surface area contributed by atoms with Crippen molar-refractivity contribution >= 4 is 37.1 Å². The fourth-order valence-corrected chi connectivity index (χ4v) is 9.74. The van der Waals surface area contributed by atoms with Crippen LogP contribution in [0.1, 0.15) is 12.8 Å². The van der Waals surface area contributed by atoms with Gasteiger partial charge in [0.1, 0.15) is 0 Å². The number of hydrogen-bond donors (Lipinski definition) is 1. The molecular formula is C29H30OP2. The van der Waals surface area contributed by atoms with E-state index in [2.05, 4.69) is 121 Å². The first-order valence-electron chi connectivity index (χ1n) is 11.2. The predicted octanol–water partition coefficient (Wildman–Crippen LogP) is 5.39. The first-order valence-corrected chi connectivity index (χ1v) is 14.2. The lowest BCUT2D eigenvalue weighted by molar-refractivity contribution is 0.286. The van der Waals surface area contributed by atoms with Crippen LogP contribution in [0.15, 0.2) is 121 Å². The summed E-state index contributed by atoms with van der Waals surface area (Å²) in [5, 5.41) is 15.7. The summed E-state index contributed by atoms with van der Waals surface area (Å²) in [6.45, 7) is 0.234. The van der Waals surface area contributed by atoms with Crippen molar-refractivity contribution in [3.63, 3.8) is 0 Å². The summed E-state index contributed by atoms with van der Waals surface area (Å²) >= 11 is 0. The lowest BCUT2D eigenvalue weighted by Crippen LogP contribution is -2.25. The third kappa shape index (κ3) is 5.93. The zero-order valence-electron chi connectivity index (χ0n) is 18.3. The molecule has 1 N–H and O–H groups in total. The number of benzene rings is 4. The largest absolute Gasteiger partial charge is 0.396 e. The van der Waals surface area contributed by atoms with Crippen LogP contribution in [0.5, 0.6) is 0 Å². The van der Waals surface area contributed by atoms with Gasteiger partial charge < -0.3 is 5.11 Å². The summed E-state index contributed by atoms with van der Waals surface area (Å²) in [6.07, 6.45) is 3.07. The van der Waals surface area contributed by atoms with Crippen molar-refractivity contribution < 1.29 is 5.11 Å². The van der Waals surface area contributed by atoms with Crippen molar-refractivity contribution in [1.29, 1.82) is 0 Å². The average molecular weight is 457 g/mol. The molecule has 0 bridgehead atoms. The molecule has 0 spiro atoms. The van der Waals surface area contributed by atoms with Gasteiger partial charge >= 0.3 is 0 Å². The molecule has 0 saturated carbocycles. The Hall–Kier alpha value is -2.30. The van der Waals surface area contributed by atoms with E-state index in [0.717, 1.165) is 19.0 Å². The van der Waals surface area contributed by atoms with E-state index in [0.29, 0.717) is 5.66 Å². The third-order valence-electron chi connectivity index (χ3n) is 5.72. The molecule has 32 heavy (non-hydrogen) atoms. The minimum absolute atomic E-state index is 0.234. The van der Waals surface area contributed by atoms with E-state index in [-0.39, 0.29) is 6.61 Å². The predicted molar refractivity (Wildman–Crippen MR) is 143 cm³/mol. The molecule has 0 fully saturated rings. The van der Waals surface area contributed by atoms with Gasteiger partial charge in [-0.1, -0.05) is 121 Å². The summed E-state index contributed by atoms with van der Waals surface area (Å²) in [7, 11) is -0.966. The molecule has 0 aliphatic carbocycles. The first-order chi connectivity index (χ1) is 15.9. The molecule has 1 atom stereocenters. The van der Waals surface area contributed by atoms with Gasteiger partial charge in [-0.2, -0.15) is 0 Å². The van der Waals surface area contributed by atoms with Crippen LogP contribution in [0, 0.1) is 0 Å². The van der Waals surface area contributed by atoms with E-state index in [9.17, 15) is 5.11 Å². The van der Waals surface area contributed by atoms with Gasteiger partial charge in [-0.05, 0) is 61.7 Å². The highest BCUT2D eigenvalue weighted by Crippen LogP contribution is 2.45. The van der Waals surface area contributed by atoms with Gasteiger partial charge in [0.05, 0.1) is 0 Å². The van der Waals surface area contributed by atoms with Gasteiger partial charge in [-0.3, -0.25) is 0 Å². The van der Waals surface area contributed by atoms with Gasteiger partial charge in [-0.25, -0.2) is 0 Å². The normalized spacial score (nSPS) is 12.2. The zero-order valence-corrected chi connectivity index (χ0v) is 20.1. The second-order valence-electron chi connectivity index (χ2n) is 7.82. The van der Waals surface area contributed by atoms with Crippen LogP contribution in [0.3, 0.4) is 0 Å². The fourth-order valence-electron chi connectivity index (χ4n) is 4.20. The topological polar surface area (TPSA) is 20.2 Å². The van der Waals surface area contributed by atoms with Gasteiger partial charge in [-0.15, -0.1) is 0 Å². The Morgan fingerprint density at radius 3 is 1.25 bits per heavy atom. The maximum absolute atomic E-state index is 9.99. The van der Waals surface area contributed by atoms with Gasteiger partial charge in [0.15, 0.2) is 0 Å². The summed E-state index contributed by atoms with van der Waals surface area (Å²) in [6, 6.07) is 43.7. The Kier molecular flexibility index (Phi) is 8.63. The van der Waals surface area contributed by atoms with E-state index in [1.54, 1.807) is 0 Å². The molecule has 0 heterocycles. The summed E-state index contributed by atoms with van der Waals surface area (Å²) in [5.74, 6) is 0. The summed E-state index contributed by atoms with van der Waals surface area (Å²) < 4.78 is 0. The van der Waals surface area contributed by atoms with Gasteiger partial charge in [0.2, 0.25) is 0 Å². The molecule has 0 saturated heterocycles. The summed E-state index contributed by atoms with van der Waals surface area (Å²) in [4.78, 5) is 0. The maximum Gasteiger partial charge on any atom is 0.0437 e. The molecule has 1 nitrogen and oxygen atoms in total. The smallest absolute Gasteiger partial charge is 0.0437 e. The van der Waals surface area contributed by atoms with E-state index in [1.165, 1.54) is 21.2 Å². The van der Waals surface area contributed by atoms with Gasteiger partial charge in [0, 0.05) is 6.61 Å². The van der Waals surface area contributed by atoms with Crippen molar-refractivity contribution in [3.05, 3.63) is 121 Å². The fraction of sp³-hybridized carbons (Fsp3) is 0.172. The van der Waals surface area contributed by atoms with Gasteiger partial charge in [0.25, 0.3) is 0 Å². The Labute approximate surface area is 194 Å². The molecule has 0 amide bonds. The lowest BCUT2D eigenvalue weighted by atomic mass is 10.2. The molecule has 162 valence electrons. The maximum atomic E-state index is 9.99. The lowest BCUT2D eigenvalue weighted by Gasteiger charge is -2.30. The van der Waals surface area contributed by atoms with E-state index in [1.807, 2.05) is 0 Å². The number of aliphatic hydroxyl groups excluding tert-OH is 1. The van der Waals surface area contributed by atoms with Crippen molar-refractivity contribution in [1.82, 2.24) is 0 Å². The van der Waals surface area contributed by atoms with Crippen molar-refractivity contribution in [2.45, 2.75) is 18.5 Å². The molecule has 4 aromatic rings. The third-order valence-corrected chi connectivity index (χ3v) is 11.2. The second-order valence-corrected chi connectivity index (χ2v) is 12.7. The number of hydrogen-bond acceptors (Lipinski definition) is 1. The molecule has 0 aliphatic rings. The number of aliphatic hydroxyl groups is 1. The second kappa shape index (κ2) is 12.1. The van der Waals surface area contributed by atoms with Crippen LogP contribution in [-0.2, 0) is 0 Å². The SMILES string of the molecule is OCC[C@@H](CCP(c1ccccc1)c1ccccc1)P(c1ccccc1)c1ccccc1. The van der Waals surface area contributed by atoms with E-state index in [4.69, 9.17) is 0 Å². The number of rotatable bonds is 10. The highest BCUT2D eigenvalue weighted by Gasteiger charge is 2.26. The molecule has 4 aromatic carbocycles. The molecule has 4 rings (SSSR count). The van der Waals surface area contributed by atoms with Crippen LogP contribution in [0.4, 0.5) is 0 Å². The first kappa shape index (κ1) is 22.9. The van der Waals surface area contributed by atoms with Crippen molar-refractivity contribution in [3.8, 4) is 0 Å². The zero-order chi connectivity index (χ0) is 22.0. The molecule has 0 aromatic heterocycles. The van der Waals surface area contributed by atoms with Crippen LogP contribution in [0.25, 0.3) is 0 Å². The summed E-state index contributed by atoms with van der Waals surface area (Å²) in [5.41, 5.74) is 0.442. The van der Waals surface area contributed by atoms with Crippen LogP contribution >= 0.6 is 15.8 Å². The van der Waals surface area contributed by atoms with Crippen LogP contribution < -0.4 is 21.2 Å². The van der Waals surface area contributed by atoms with Crippen molar-refractivity contribution in [2.75, 3.05) is 12.8 Å². The quantitative estimate of drug-likeness (QED) is 0.317. The van der Waals surface area contributed by atoms with Crippen LogP contribution in [-0.4, -0.2) is 23.5 Å². The van der Waals surface area contributed by atoms with Crippen molar-refractivity contribution in [2.24, 2.45) is 0 Å². The molecule has 3 heteroatoms. The molecule has 0 radical (unpaired) electrons. The Balaban J connectivity index is 1.65. The highest BCUT2D eigenvalue weighted by molar-refractivity contribution is 7.74. The molecule has 0 aliphatic heterocycles.